The van der Waals surface area contributed by atoms with Crippen LogP contribution in [0.4, 0.5) is 0 Å². The zero-order chi connectivity index (χ0) is 14.3. The van der Waals surface area contributed by atoms with E-state index in [1.165, 1.54) is 0 Å². The summed E-state index contributed by atoms with van der Waals surface area (Å²) in [7, 11) is 4.21. The molecule has 0 aromatic rings. The van der Waals surface area contributed by atoms with E-state index in [9.17, 15) is 0 Å². The van der Waals surface area contributed by atoms with Gasteiger partial charge in [0.1, 0.15) is 0 Å². The van der Waals surface area contributed by atoms with Gasteiger partial charge in [0.25, 0.3) is 0 Å². The number of likely N-dealkylation sites (N-methyl/N-ethyl adjacent to an activating group) is 2. The van der Waals surface area contributed by atoms with Crippen molar-refractivity contribution < 1.29 is 9.47 Å². The third-order valence-electron chi connectivity index (χ3n) is 4.61. The van der Waals surface area contributed by atoms with E-state index in [4.69, 9.17) is 9.47 Å². The Labute approximate surface area is 117 Å². The van der Waals surface area contributed by atoms with E-state index in [2.05, 4.69) is 45.0 Å². The Morgan fingerprint density at radius 2 is 1.95 bits per heavy atom. The number of morpholine rings is 1. The quantitative estimate of drug-likeness (QED) is 0.842. The molecular formula is C15H30N2O2. The Bertz CT molecular complexity index is 317. The minimum Gasteiger partial charge on any atom is -0.374 e. The van der Waals surface area contributed by atoms with Crippen LogP contribution in [-0.2, 0) is 9.47 Å². The minimum absolute atomic E-state index is 0.0379. The first-order valence-corrected chi connectivity index (χ1v) is 7.43. The van der Waals surface area contributed by atoms with Gasteiger partial charge in [0, 0.05) is 25.0 Å². The van der Waals surface area contributed by atoms with E-state index < -0.39 is 0 Å². The summed E-state index contributed by atoms with van der Waals surface area (Å²) in [6.45, 7) is 11.7. The third-order valence-corrected chi connectivity index (χ3v) is 4.61. The van der Waals surface area contributed by atoms with Gasteiger partial charge in [0.05, 0.1) is 23.9 Å². The van der Waals surface area contributed by atoms with Gasteiger partial charge in [-0.2, -0.15) is 0 Å². The Morgan fingerprint density at radius 1 is 1.26 bits per heavy atom. The fourth-order valence-corrected chi connectivity index (χ4v) is 3.84. The highest BCUT2D eigenvalue weighted by Crippen LogP contribution is 2.44. The molecule has 2 aliphatic heterocycles. The van der Waals surface area contributed by atoms with Crippen molar-refractivity contribution in [3.8, 4) is 0 Å². The van der Waals surface area contributed by atoms with Crippen LogP contribution in [0.25, 0.3) is 0 Å². The number of ether oxygens (including phenoxy) is 2. The van der Waals surface area contributed by atoms with E-state index in [1.807, 2.05) is 7.05 Å². The maximum atomic E-state index is 6.24. The van der Waals surface area contributed by atoms with E-state index in [1.54, 1.807) is 0 Å². The lowest BCUT2D eigenvalue weighted by Gasteiger charge is -2.41. The van der Waals surface area contributed by atoms with Crippen molar-refractivity contribution in [3.63, 3.8) is 0 Å². The summed E-state index contributed by atoms with van der Waals surface area (Å²) in [6, 6.07) is 0.347. The second-order valence-corrected chi connectivity index (χ2v) is 7.26. The van der Waals surface area contributed by atoms with Crippen molar-refractivity contribution in [1.82, 2.24) is 10.2 Å². The molecule has 4 heteroatoms. The van der Waals surface area contributed by atoms with Crippen LogP contribution in [0.15, 0.2) is 0 Å². The first-order valence-electron chi connectivity index (χ1n) is 7.43. The summed E-state index contributed by atoms with van der Waals surface area (Å²) in [5.74, 6) is 0.476. The van der Waals surface area contributed by atoms with Crippen molar-refractivity contribution in [1.29, 1.82) is 0 Å². The van der Waals surface area contributed by atoms with E-state index in [-0.39, 0.29) is 17.3 Å². The highest BCUT2D eigenvalue weighted by Gasteiger charge is 2.50. The number of nitrogens with one attached hydrogen (secondary N) is 1. The zero-order valence-electron chi connectivity index (χ0n) is 13.3. The van der Waals surface area contributed by atoms with Crippen LogP contribution >= 0.6 is 0 Å². The fraction of sp³-hybridized carbons (Fsp3) is 1.00. The van der Waals surface area contributed by atoms with Crippen LogP contribution in [0.5, 0.6) is 0 Å². The molecule has 19 heavy (non-hydrogen) atoms. The van der Waals surface area contributed by atoms with Gasteiger partial charge in [-0.3, -0.25) is 0 Å². The molecule has 2 fully saturated rings. The molecule has 2 aliphatic rings. The van der Waals surface area contributed by atoms with Gasteiger partial charge in [0.15, 0.2) is 0 Å². The van der Waals surface area contributed by atoms with Crippen molar-refractivity contribution in [2.45, 2.75) is 57.5 Å². The molecule has 2 saturated heterocycles. The predicted octanol–water partition coefficient (Wildman–Crippen LogP) is 1.50. The van der Waals surface area contributed by atoms with Gasteiger partial charge >= 0.3 is 0 Å². The molecule has 0 saturated carbocycles. The minimum atomic E-state index is -0.101. The van der Waals surface area contributed by atoms with Gasteiger partial charge in [-0.15, -0.1) is 0 Å². The summed E-state index contributed by atoms with van der Waals surface area (Å²) < 4.78 is 12.3. The molecular weight excluding hydrogens is 240 g/mol. The van der Waals surface area contributed by atoms with Crippen molar-refractivity contribution in [3.05, 3.63) is 0 Å². The maximum absolute atomic E-state index is 6.24. The molecule has 1 N–H and O–H groups in total. The second-order valence-electron chi connectivity index (χ2n) is 7.26. The fourth-order valence-electron chi connectivity index (χ4n) is 3.84. The molecule has 112 valence electrons. The highest BCUT2D eigenvalue weighted by molar-refractivity contribution is 5.02. The Hall–Kier alpha value is -0.160. The Kier molecular flexibility index (Phi) is 4.26. The predicted molar refractivity (Wildman–Crippen MR) is 77.4 cm³/mol. The number of nitrogens with zero attached hydrogens (tertiary/aromatic N) is 1. The number of hydrogen-bond donors (Lipinski definition) is 1. The average Bonchev–Trinajstić information content (AvgIpc) is 2.48. The first kappa shape index (κ1) is 15.2. The van der Waals surface area contributed by atoms with Crippen LogP contribution in [0.3, 0.4) is 0 Å². The van der Waals surface area contributed by atoms with E-state index in [0.717, 1.165) is 26.1 Å². The lowest BCUT2D eigenvalue weighted by molar-refractivity contribution is -0.0945. The smallest absolute Gasteiger partial charge is 0.0858 e. The molecule has 2 rings (SSSR count). The van der Waals surface area contributed by atoms with Gasteiger partial charge in [-0.1, -0.05) is 0 Å². The number of hydrogen-bond acceptors (Lipinski definition) is 4. The summed E-state index contributed by atoms with van der Waals surface area (Å²) >= 11 is 0. The average molecular weight is 270 g/mol. The standard InChI is InChI=1S/C15H30N2O2/c1-14(2)9-11(15(3,4)19-14)13(16-5)12-10-17(6)7-8-18-12/h11-13,16H,7-10H2,1-6H3. The summed E-state index contributed by atoms with van der Waals surface area (Å²) in [4.78, 5) is 2.35. The van der Waals surface area contributed by atoms with Crippen LogP contribution in [0.2, 0.25) is 0 Å². The molecule has 2 heterocycles. The molecule has 0 aromatic heterocycles. The largest absolute Gasteiger partial charge is 0.374 e. The molecule has 3 atom stereocenters. The molecule has 0 spiro atoms. The van der Waals surface area contributed by atoms with Gasteiger partial charge in [-0.05, 0) is 48.2 Å². The monoisotopic (exact) mass is 270 g/mol. The summed E-state index contributed by atoms with van der Waals surface area (Å²) in [5, 5.41) is 3.50. The molecule has 0 aromatic carbocycles. The van der Waals surface area contributed by atoms with Crippen molar-refractivity contribution in [2.75, 3.05) is 33.8 Å². The zero-order valence-corrected chi connectivity index (χ0v) is 13.3. The first-order chi connectivity index (χ1) is 8.75. The molecule has 4 nitrogen and oxygen atoms in total. The van der Waals surface area contributed by atoms with Gasteiger partial charge < -0.3 is 19.7 Å². The van der Waals surface area contributed by atoms with Crippen LogP contribution < -0.4 is 5.32 Å². The number of rotatable bonds is 3. The Balaban J connectivity index is 2.13. The SMILES string of the molecule is CNC(C1CN(C)CCO1)C1CC(C)(C)OC1(C)C. The normalized spacial score (nSPS) is 36.3. The van der Waals surface area contributed by atoms with Crippen molar-refractivity contribution >= 4 is 0 Å². The lowest BCUT2D eigenvalue weighted by Crippen LogP contribution is -2.56. The maximum Gasteiger partial charge on any atom is 0.0858 e. The molecule has 0 bridgehead atoms. The van der Waals surface area contributed by atoms with Crippen LogP contribution in [0.1, 0.15) is 34.1 Å². The summed E-state index contributed by atoms with van der Waals surface area (Å²) in [6.07, 6.45) is 1.33. The topological polar surface area (TPSA) is 33.7 Å². The third kappa shape index (κ3) is 3.30. The van der Waals surface area contributed by atoms with E-state index >= 15 is 0 Å². The summed E-state index contributed by atoms with van der Waals surface area (Å²) in [5.41, 5.74) is -0.139. The lowest BCUT2D eigenvalue weighted by atomic mass is 9.79. The van der Waals surface area contributed by atoms with Crippen LogP contribution in [0, 0.1) is 5.92 Å². The van der Waals surface area contributed by atoms with Gasteiger partial charge in [0.2, 0.25) is 0 Å². The highest BCUT2D eigenvalue weighted by atomic mass is 16.5. The van der Waals surface area contributed by atoms with E-state index in [0.29, 0.717) is 12.0 Å². The molecule has 0 radical (unpaired) electrons. The molecule has 0 amide bonds. The molecule has 0 aliphatic carbocycles. The second kappa shape index (κ2) is 5.32. The van der Waals surface area contributed by atoms with Crippen molar-refractivity contribution in [2.24, 2.45) is 5.92 Å². The Morgan fingerprint density at radius 3 is 2.42 bits per heavy atom. The van der Waals surface area contributed by atoms with Crippen LogP contribution in [-0.4, -0.2) is 62.0 Å². The molecule has 3 unspecified atom stereocenters. The van der Waals surface area contributed by atoms with Gasteiger partial charge in [-0.25, -0.2) is 0 Å².